The number of unbranched alkanes of at least 4 members (excludes halogenated alkanes) is 5. The first kappa shape index (κ1) is 17.5. The van der Waals surface area contributed by atoms with Gasteiger partial charge in [-0.3, -0.25) is 4.57 Å². The fourth-order valence-corrected chi connectivity index (χ4v) is 3.40. The van der Waals surface area contributed by atoms with E-state index in [4.69, 9.17) is 4.74 Å². The number of benzene rings is 1. The van der Waals surface area contributed by atoms with Gasteiger partial charge in [-0.15, -0.1) is 0 Å². The second-order valence-corrected chi connectivity index (χ2v) is 6.60. The van der Waals surface area contributed by atoms with Crippen LogP contribution in [-0.4, -0.2) is 16.7 Å². The molecule has 0 aliphatic heterocycles. The van der Waals surface area contributed by atoms with Crippen LogP contribution in [0.4, 0.5) is 0 Å². The van der Waals surface area contributed by atoms with Crippen molar-refractivity contribution in [3.05, 3.63) is 54.4 Å². The fraction of sp³-hybridized carbons (Fsp3) is 0.409. The highest BCUT2D eigenvalue weighted by Crippen LogP contribution is 2.28. The highest BCUT2D eigenvalue weighted by atomic mass is 16.5. The Bertz CT molecular complexity index is 792. The van der Waals surface area contributed by atoms with Gasteiger partial charge in [0.2, 0.25) is 0 Å². The van der Waals surface area contributed by atoms with Gasteiger partial charge in [0.05, 0.1) is 12.6 Å². The summed E-state index contributed by atoms with van der Waals surface area (Å²) in [6.07, 6.45) is 10.8. The summed E-state index contributed by atoms with van der Waals surface area (Å²) in [5.74, 6) is 1.89. The van der Waals surface area contributed by atoms with Crippen molar-refractivity contribution in [1.82, 2.24) is 9.55 Å². The van der Waals surface area contributed by atoms with Gasteiger partial charge in [-0.1, -0.05) is 45.1 Å². The third-order valence-electron chi connectivity index (χ3n) is 4.75. The molecule has 1 aromatic carbocycles. The van der Waals surface area contributed by atoms with Crippen molar-refractivity contribution in [3.8, 4) is 11.6 Å². The summed E-state index contributed by atoms with van der Waals surface area (Å²) in [7, 11) is 1.72. The first-order valence-corrected chi connectivity index (χ1v) is 9.43. The first-order valence-electron chi connectivity index (χ1n) is 9.43. The average molecular weight is 336 g/mol. The Hall–Kier alpha value is -2.29. The Morgan fingerprint density at radius 1 is 0.960 bits per heavy atom. The number of fused-ring (bicyclic) bond motifs is 1. The summed E-state index contributed by atoms with van der Waals surface area (Å²) in [5, 5.41) is 1.21. The standard InChI is InChI=1S/C22H28N2O/c1-3-4-5-6-7-8-11-19-16-18-17-20(25-2)13-14-21(18)24(19)22-12-9-10-15-23-22/h9-10,12-17H,3-8,11H2,1-2H3. The van der Waals surface area contributed by atoms with Gasteiger partial charge < -0.3 is 4.74 Å². The van der Waals surface area contributed by atoms with Crippen LogP contribution in [0.5, 0.6) is 5.75 Å². The van der Waals surface area contributed by atoms with Crippen LogP contribution in [0, 0.1) is 0 Å². The zero-order valence-electron chi connectivity index (χ0n) is 15.4. The van der Waals surface area contributed by atoms with Crippen LogP contribution in [-0.2, 0) is 6.42 Å². The van der Waals surface area contributed by atoms with Gasteiger partial charge in [0, 0.05) is 17.3 Å². The SMILES string of the molecule is CCCCCCCCc1cc2cc(OC)ccc2n1-c1ccccn1. The number of nitrogens with zero attached hydrogens (tertiary/aromatic N) is 2. The number of methoxy groups -OCH3 is 1. The highest BCUT2D eigenvalue weighted by molar-refractivity contribution is 5.84. The molecule has 0 spiro atoms. The molecule has 0 amide bonds. The Morgan fingerprint density at radius 2 is 1.80 bits per heavy atom. The predicted molar refractivity (Wildman–Crippen MR) is 105 cm³/mol. The third kappa shape index (κ3) is 4.22. The van der Waals surface area contributed by atoms with E-state index >= 15 is 0 Å². The number of aromatic nitrogens is 2. The van der Waals surface area contributed by atoms with Crippen molar-refractivity contribution < 1.29 is 4.74 Å². The normalized spacial score (nSPS) is 11.1. The lowest BCUT2D eigenvalue weighted by molar-refractivity contribution is 0.415. The maximum absolute atomic E-state index is 5.39. The van der Waals surface area contributed by atoms with E-state index in [9.17, 15) is 0 Å². The second kappa shape index (κ2) is 8.70. The van der Waals surface area contributed by atoms with Crippen LogP contribution < -0.4 is 4.74 Å². The van der Waals surface area contributed by atoms with Gasteiger partial charge in [-0.25, -0.2) is 4.98 Å². The summed E-state index contributed by atoms with van der Waals surface area (Å²) in [5.41, 5.74) is 2.53. The van der Waals surface area contributed by atoms with E-state index in [0.717, 1.165) is 18.0 Å². The lowest BCUT2D eigenvalue weighted by Crippen LogP contribution is -2.02. The summed E-state index contributed by atoms with van der Waals surface area (Å²) in [6.45, 7) is 2.26. The quantitative estimate of drug-likeness (QED) is 0.452. The van der Waals surface area contributed by atoms with E-state index in [-0.39, 0.29) is 0 Å². The van der Waals surface area contributed by atoms with Crippen LogP contribution in [0.1, 0.15) is 51.1 Å². The van der Waals surface area contributed by atoms with Gasteiger partial charge in [0.15, 0.2) is 0 Å². The average Bonchev–Trinajstić information content (AvgIpc) is 3.02. The molecule has 0 unspecified atom stereocenters. The molecular formula is C22H28N2O. The topological polar surface area (TPSA) is 27.1 Å². The maximum Gasteiger partial charge on any atom is 0.137 e. The summed E-state index contributed by atoms with van der Waals surface area (Å²) >= 11 is 0. The molecule has 0 aliphatic rings. The molecule has 0 fully saturated rings. The fourth-order valence-electron chi connectivity index (χ4n) is 3.40. The number of hydrogen-bond acceptors (Lipinski definition) is 2. The van der Waals surface area contributed by atoms with Crippen molar-refractivity contribution in [1.29, 1.82) is 0 Å². The molecule has 132 valence electrons. The van der Waals surface area contributed by atoms with Gasteiger partial charge >= 0.3 is 0 Å². The van der Waals surface area contributed by atoms with Crippen LogP contribution in [0.2, 0.25) is 0 Å². The molecule has 0 saturated carbocycles. The molecule has 2 heterocycles. The molecule has 25 heavy (non-hydrogen) atoms. The van der Waals surface area contributed by atoms with Crippen LogP contribution in [0.25, 0.3) is 16.7 Å². The third-order valence-corrected chi connectivity index (χ3v) is 4.75. The molecule has 0 atom stereocenters. The van der Waals surface area contributed by atoms with Gasteiger partial charge in [-0.05, 0) is 49.2 Å². The molecule has 0 aliphatic carbocycles. The molecule has 3 rings (SSSR count). The first-order chi connectivity index (χ1) is 12.3. The van der Waals surface area contributed by atoms with E-state index in [1.165, 1.54) is 55.1 Å². The molecule has 0 N–H and O–H groups in total. The van der Waals surface area contributed by atoms with Crippen molar-refractivity contribution in [3.63, 3.8) is 0 Å². The second-order valence-electron chi connectivity index (χ2n) is 6.60. The lowest BCUT2D eigenvalue weighted by atomic mass is 10.1. The van der Waals surface area contributed by atoms with Gasteiger partial charge in [0.1, 0.15) is 11.6 Å². The number of ether oxygens (including phenoxy) is 1. The van der Waals surface area contributed by atoms with Crippen LogP contribution >= 0.6 is 0 Å². The molecule has 2 aromatic heterocycles. The molecule has 0 radical (unpaired) electrons. The van der Waals surface area contributed by atoms with E-state index in [1.54, 1.807) is 7.11 Å². The molecule has 3 aromatic rings. The minimum atomic E-state index is 0.900. The van der Waals surface area contributed by atoms with E-state index in [1.807, 2.05) is 24.4 Å². The monoisotopic (exact) mass is 336 g/mol. The highest BCUT2D eigenvalue weighted by Gasteiger charge is 2.12. The van der Waals surface area contributed by atoms with Gasteiger partial charge in [0.25, 0.3) is 0 Å². The summed E-state index contributed by atoms with van der Waals surface area (Å²) in [6, 6.07) is 14.6. The Labute approximate surface area is 150 Å². The number of pyridine rings is 1. The number of rotatable bonds is 9. The zero-order valence-corrected chi connectivity index (χ0v) is 15.4. The molecular weight excluding hydrogens is 308 g/mol. The van der Waals surface area contributed by atoms with E-state index < -0.39 is 0 Å². The van der Waals surface area contributed by atoms with Crippen molar-refractivity contribution in [2.45, 2.75) is 51.9 Å². The van der Waals surface area contributed by atoms with Gasteiger partial charge in [-0.2, -0.15) is 0 Å². The Morgan fingerprint density at radius 3 is 2.56 bits per heavy atom. The van der Waals surface area contributed by atoms with Crippen LogP contribution in [0.3, 0.4) is 0 Å². The number of aryl methyl sites for hydroxylation is 1. The van der Waals surface area contributed by atoms with E-state index in [2.05, 4.69) is 40.7 Å². The van der Waals surface area contributed by atoms with Crippen molar-refractivity contribution >= 4 is 10.9 Å². The lowest BCUT2D eigenvalue weighted by Gasteiger charge is -2.10. The molecule has 3 heteroatoms. The van der Waals surface area contributed by atoms with Crippen LogP contribution in [0.15, 0.2) is 48.7 Å². The minimum Gasteiger partial charge on any atom is -0.497 e. The molecule has 0 saturated heterocycles. The Balaban J connectivity index is 1.85. The molecule has 0 bridgehead atoms. The predicted octanol–water partition coefficient (Wildman–Crippen LogP) is 5.94. The number of hydrogen-bond donors (Lipinski definition) is 0. The Kier molecular flexibility index (Phi) is 6.10. The van der Waals surface area contributed by atoms with Crippen molar-refractivity contribution in [2.75, 3.05) is 7.11 Å². The van der Waals surface area contributed by atoms with Crippen molar-refractivity contribution in [2.24, 2.45) is 0 Å². The maximum atomic E-state index is 5.39. The summed E-state index contributed by atoms with van der Waals surface area (Å²) in [4.78, 5) is 4.58. The van der Waals surface area contributed by atoms with E-state index in [0.29, 0.717) is 0 Å². The molecule has 3 nitrogen and oxygen atoms in total. The zero-order chi connectivity index (χ0) is 17.5. The minimum absolute atomic E-state index is 0.900. The largest absolute Gasteiger partial charge is 0.497 e. The summed E-state index contributed by atoms with van der Waals surface area (Å²) < 4.78 is 7.68. The smallest absolute Gasteiger partial charge is 0.137 e.